The summed E-state index contributed by atoms with van der Waals surface area (Å²) in [7, 11) is 0. The second-order valence-corrected chi connectivity index (χ2v) is 6.98. The molecule has 2 nitrogen and oxygen atoms in total. The molecule has 2 heterocycles. The Morgan fingerprint density at radius 3 is 2.60 bits per heavy atom. The second kappa shape index (κ2) is 5.46. The summed E-state index contributed by atoms with van der Waals surface area (Å²) in [4.78, 5) is 9.27. The summed E-state index contributed by atoms with van der Waals surface area (Å²) in [6.45, 7) is 6.30. The summed E-state index contributed by atoms with van der Waals surface area (Å²) in [5.74, 6) is 0. The Morgan fingerprint density at radius 1 is 1.00 bits per heavy atom. The molecule has 0 atom stereocenters. The van der Waals surface area contributed by atoms with Crippen LogP contribution in [0, 0.1) is 20.8 Å². The molecule has 0 unspecified atom stereocenters. The lowest BCUT2D eigenvalue weighted by Gasteiger charge is -2.03. The highest BCUT2D eigenvalue weighted by Gasteiger charge is 2.09. The van der Waals surface area contributed by atoms with Gasteiger partial charge in [0.05, 0.1) is 21.4 Å². The normalized spacial score (nSPS) is 10.9. The Balaban J connectivity index is 1.88. The van der Waals surface area contributed by atoms with Gasteiger partial charge < -0.3 is 0 Å². The molecule has 3 aromatic rings. The molecule has 0 spiro atoms. The van der Waals surface area contributed by atoms with Crippen molar-refractivity contribution in [2.24, 2.45) is 0 Å². The molecule has 0 saturated carbocycles. The fraction of sp³-hybridized carbons (Fsp3) is 0.250. The smallest absolute Gasteiger partial charge is 0.0992 e. The third-order valence-corrected chi connectivity index (χ3v) is 4.89. The van der Waals surface area contributed by atoms with Gasteiger partial charge in [-0.05, 0) is 32.4 Å². The first-order chi connectivity index (χ1) is 9.61. The Kier molecular flexibility index (Phi) is 3.68. The molecule has 0 aliphatic carbocycles. The predicted molar refractivity (Wildman–Crippen MR) is 86.7 cm³/mol. The maximum absolute atomic E-state index is 4.77. The monoisotopic (exact) mass is 300 g/mol. The van der Waals surface area contributed by atoms with Gasteiger partial charge in [0.2, 0.25) is 0 Å². The molecule has 4 heteroatoms. The predicted octanol–water partition coefficient (Wildman–Crippen LogP) is 4.78. The lowest BCUT2D eigenvalue weighted by molar-refractivity contribution is 1.06. The van der Waals surface area contributed by atoms with Crippen molar-refractivity contribution in [3.8, 4) is 11.3 Å². The summed E-state index contributed by atoms with van der Waals surface area (Å²) >= 11 is 3.41. The average molecular weight is 300 g/mol. The van der Waals surface area contributed by atoms with Crippen molar-refractivity contribution < 1.29 is 0 Å². The standard InChI is InChI=1S/C16H16N2S2/c1-10-4-5-11(2)14(6-10)15-9-20-16(18-15)7-13-8-19-12(3)17-13/h4-6,8-9H,7H2,1-3H3. The van der Waals surface area contributed by atoms with Crippen LogP contribution in [-0.4, -0.2) is 9.97 Å². The number of hydrogen-bond donors (Lipinski definition) is 0. The summed E-state index contributed by atoms with van der Waals surface area (Å²) < 4.78 is 0. The van der Waals surface area contributed by atoms with Crippen LogP contribution in [0.25, 0.3) is 11.3 Å². The fourth-order valence-corrected chi connectivity index (χ4v) is 3.59. The molecule has 0 aliphatic heterocycles. The van der Waals surface area contributed by atoms with E-state index < -0.39 is 0 Å². The molecule has 1 aromatic carbocycles. The molecule has 0 bridgehead atoms. The Hall–Kier alpha value is -1.52. The highest BCUT2D eigenvalue weighted by atomic mass is 32.1. The third-order valence-electron chi connectivity index (χ3n) is 3.22. The van der Waals surface area contributed by atoms with Gasteiger partial charge in [0.25, 0.3) is 0 Å². The van der Waals surface area contributed by atoms with Crippen molar-refractivity contribution in [2.75, 3.05) is 0 Å². The molecule has 0 aliphatic rings. The van der Waals surface area contributed by atoms with Crippen LogP contribution >= 0.6 is 22.7 Å². The lowest BCUT2D eigenvalue weighted by Crippen LogP contribution is -1.89. The van der Waals surface area contributed by atoms with Gasteiger partial charge in [-0.25, -0.2) is 9.97 Å². The van der Waals surface area contributed by atoms with Crippen LogP contribution in [-0.2, 0) is 6.42 Å². The van der Waals surface area contributed by atoms with E-state index >= 15 is 0 Å². The third kappa shape index (κ3) is 2.81. The Morgan fingerprint density at radius 2 is 1.85 bits per heavy atom. The average Bonchev–Trinajstić information content (AvgIpc) is 3.02. The minimum atomic E-state index is 0.833. The van der Waals surface area contributed by atoms with Crippen molar-refractivity contribution in [1.82, 2.24) is 9.97 Å². The molecule has 0 fully saturated rings. The van der Waals surface area contributed by atoms with E-state index in [-0.39, 0.29) is 0 Å². The minimum Gasteiger partial charge on any atom is -0.246 e. The highest BCUT2D eigenvalue weighted by molar-refractivity contribution is 7.10. The number of benzene rings is 1. The van der Waals surface area contributed by atoms with Crippen molar-refractivity contribution in [1.29, 1.82) is 0 Å². The highest BCUT2D eigenvalue weighted by Crippen LogP contribution is 2.27. The van der Waals surface area contributed by atoms with E-state index in [9.17, 15) is 0 Å². The molecule has 2 aromatic heterocycles. The number of aromatic nitrogens is 2. The maximum Gasteiger partial charge on any atom is 0.0992 e. The van der Waals surface area contributed by atoms with E-state index in [1.165, 1.54) is 16.7 Å². The molecular weight excluding hydrogens is 284 g/mol. The second-order valence-electron chi connectivity index (χ2n) is 4.98. The van der Waals surface area contributed by atoms with Gasteiger partial charge in [0.15, 0.2) is 0 Å². The number of thiazole rings is 2. The first-order valence-corrected chi connectivity index (χ1v) is 8.31. The first-order valence-electron chi connectivity index (χ1n) is 6.55. The molecule has 20 heavy (non-hydrogen) atoms. The SMILES string of the molecule is Cc1ccc(C)c(-c2csc(Cc3csc(C)n3)n2)c1. The topological polar surface area (TPSA) is 25.8 Å². The largest absolute Gasteiger partial charge is 0.246 e. The van der Waals surface area contributed by atoms with Gasteiger partial charge in [0.1, 0.15) is 0 Å². The van der Waals surface area contributed by atoms with Gasteiger partial charge in [0, 0.05) is 22.7 Å². The van der Waals surface area contributed by atoms with Crippen LogP contribution in [0.3, 0.4) is 0 Å². The van der Waals surface area contributed by atoms with Crippen LogP contribution < -0.4 is 0 Å². The van der Waals surface area contributed by atoms with Crippen LogP contribution in [0.5, 0.6) is 0 Å². The quantitative estimate of drug-likeness (QED) is 0.695. The zero-order chi connectivity index (χ0) is 14.1. The van der Waals surface area contributed by atoms with E-state index in [4.69, 9.17) is 4.98 Å². The first kappa shape index (κ1) is 13.5. The van der Waals surface area contributed by atoms with Gasteiger partial charge >= 0.3 is 0 Å². The zero-order valence-electron chi connectivity index (χ0n) is 11.8. The lowest BCUT2D eigenvalue weighted by atomic mass is 10.0. The van der Waals surface area contributed by atoms with E-state index in [1.54, 1.807) is 22.7 Å². The molecule has 0 amide bonds. The maximum atomic E-state index is 4.77. The van der Waals surface area contributed by atoms with Crippen molar-refractivity contribution in [2.45, 2.75) is 27.2 Å². The van der Waals surface area contributed by atoms with Crippen molar-refractivity contribution >= 4 is 22.7 Å². The minimum absolute atomic E-state index is 0.833. The Labute approximate surface area is 127 Å². The molecule has 0 N–H and O–H groups in total. The van der Waals surface area contributed by atoms with E-state index in [1.807, 2.05) is 6.92 Å². The molecule has 3 rings (SSSR count). The Bertz CT molecular complexity index is 741. The van der Waals surface area contributed by atoms with Crippen LogP contribution in [0.1, 0.15) is 26.8 Å². The molecule has 102 valence electrons. The van der Waals surface area contributed by atoms with E-state index in [0.29, 0.717) is 0 Å². The number of nitrogens with zero attached hydrogens (tertiary/aromatic N) is 2. The van der Waals surface area contributed by atoms with Crippen molar-refractivity contribution in [3.05, 3.63) is 55.8 Å². The zero-order valence-corrected chi connectivity index (χ0v) is 13.4. The molecule has 0 saturated heterocycles. The summed E-state index contributed by atoms with van der Waals surface area (Å²) in [6, 6.07) is 6.51. The summed E-state index contributed by atoms with van der Waals surface area (Å²) in [5, 5.41) is 6.52. The fourth-order valence-electron chi connectivity index (χ4n) is 2.17. The van der Waals surface area contributed by atoms with Crippen LogP contribution in [0.15, 0.2) is 29.0 Å². The summed E-state index contributed by atoms with van der Waals surface area (Å²) in [5.41, 5.74) is 5.99. The van der Waals surface area contributed by atoms with Crippen LogP contribution in [0.2, 0.25) is 0 Å². The van der Waals surface area contributed by atoms with E-state index in [2.05, 4.69) is 47.8 Å². The number of aryl methyl sites for hydroxylation is 3. The van der Waals surface area contributed by atoms with Crippen molar-refractivity contribution in [3.63, 3.8) is 0 Å². The van der Waals surface area contributed by atoms with Crippen LogP contribution in [0.4, 0.5) is 0 Å². The summed E-state index contributed by atoms with van der Waals surface area (Å²) in [6.07, 6.45) is 0.833. The molecular formula is C16H16N2S2. The van der Waals surface area contributed by atoms with Gasteiger partial charge in [-0.15, -0.1) is 22.7 Å². The van der Waals surface area contributed by atoms with Gasteiger partial charge in [-0.1, -0.05) is 17.7 Å². The van der Waals surface area contributed by atoms with E-state index in [0.717, 1.165) is 27.8 Å². The molecule has 0 radical (unpaired) electrons. The number of hydrogen-bond acceptors (Lipinski definition) is 4. The van der Waals surface area contributed by atoms with Gasteiger partial charge in [-0.3, -0.25) is 0 Å². The number of rotatable bonds is 3. The van der Waals surface area contributed by atoms with Gasteiger partial charge in [-0.2, -0.15) is 0 Å².